The minimum atomic E-state index is -0.556. The molecule has 5 nitrogen and oxygen atoms in total. The monoisotopic (exact) mass is 420 g/mol. The summed E-state index contributed by atoms with van der Waals surface area (Å²) in [4.78, 5) is 14.1. The highest BCUT2D eigenvalue weighted by Crippen LogP contribution is 2.40. The van der Waals surface area contributed by atoms with Crippen LogP contribution in [0.3, 0.4) is 0 Å². The molecule has 5 heteroatoms. The number of amides is 1. The first-order valence-electron chi connectivity index (χ1n) is 10.9. The molecule has 2 heterocycles. The molecule has 31 heavy (non-hydrogen) atoms. The van der Waals surface area contributed by atoms with Gasteiger partial charge in [-0.2, -0.15) is 0 Å². The van der Waals surface area contributed by atoms with Crippen molar-refractivity contribution in [1.29, 1.82) is 0 Å². The van der Waals surface area contributed by atoms with Gasteiger partial charge in [0, 0.05) is 18.3 Å². The number of rotatable bonds is 5. The van der Waals surface area contributed by atoms with Crippen molar-refractivity contribution < 1.29 is 14.3 Å². The maximum atomic E-state index is 11.9. The van der Waals surface area contributed by atoms with Gasteiger partial charge >= 0.3 is 0 Å². The van der Waals surface area contributed by atoms with Crippen LogP contribution in [0.5, 0.6) is 0 Å². The van der Waals surface area contributed by atoms with Crippen LogP contribution in [0.25, 0.3) is 0 Å². The standard InChI is InChI=1S/C26H32N2O3/c1-25(2,3)21-12-8-9-19(15-21)18-31-24-26(4,20-10-6-5-7-11-20)28(13-14-30-24)22-16-23(29)27-17-22/h5-12,15-16,24H,13-14,17-18H2,1-4H3,(H,27,29)/t24?,26-/m0/s1. The molecule has 0 aromatic heterocycles. The summed E-state index contributed by atoms with van der Waals surface area (Å²) in [7, 11) is 0. The van der Waals surface area contributed by atoms with Crippen LogP contribution in [0.2, 0.25) is 0 Å². The molecule has 1 fully saturated rings. The summed E-state index contributed by atoms with van der Waals surface area (Å²) in [6.07, 6.45) is 1.22. The van der Waals surface area contributed by atoms with Gasteiger partial charge in [-0.1, -0.05) is 75.4 Å². The number of hydrogen-bond donors (Lipinski definition) is 1. The molecule has 2 aromatic carbocycles. The average Bonchev–Trinajstić information content (AvgIpc) is 3.19. The summed E-state index contributed by atoms with van der Waals surface area (Å²) in [6, 6.07) is 18.8. The topological polar surface area (TPSA) is 50.8 Å². The fraction of sp³-hybridized carbons (Fsp3) is 0.423. The molecular formula is C26H32N2O3. The minimum absolute atomic E-state index is 0.0478. The lowest BCUT2D eigenvalue weighted by Gasteiger charge is -2.51. The summed E-state index contributed by atoms with van der Waals surface area (Å²) in [5, 5.41) is 2.89. The third-order valence-electron chi connectivity index (χ3n) is 6.24. The SMILES string of the molecule is CC(C)(C)c1cccc(COC2OCCN(C3=CC(=O)NC3)[C@@]2(C)c2ccccc2)c1. The van der Waals surface area contributed by atoms with Gasteiger partial charge in [-0.3, -0.25) is 4.79 Å². The molecule has 2 aliphatic heterocycles. The third kappa shape index (κ3) is 4.39. The Hall–Kier alpha value is -2.63. The molecule has 0 saturated carbocycles. The van der Waals surface area contributed by atoms with E-state index in [1.54, 1.807) is 6.08 Å². The van der Waals surface area contributed by atoms with E-state index < -0.39 is 11.8 Å². The van der Waals surface area contributed by atoms with Crippen molar-refractivity contribution in [2.24, 2.45) is 0 Å². The number of carbonyl (C=O) groups is 1. The summed E-state index contributed by atoms with van der Waals surface area (Å²) in [5.41, 5.74) is 4.01. The second-order valence-electron chi connectivity index (χ2n) is 9.48. The normalized spacial score (nSPS) is 24.1. The first-order valence-corrected chi connectivity index (χ1v) is 10.9. The van der Waals surface area contributed by atoms with Gasteiger partial charge in [0.2, 0.25) is 5.91 Å². The molecule has 4 rings (SSSR count). The number of nitrogens with one attached hydrogen (secondary N) is 1. The maximum absolute atomic E-state index is 11.9. The second-order valence-corrected chi connectivity index (χ2v) is 9.48. The van der Waals surface area contributed by atoms with Crippen LogP contribution in [0, 0.1) is 0 Å². The van der Waals surface area contributed by atoms with Crippen molar-refractivity contribution in [3.8, 4) is 0 Å². The minimum Gasteiger partial charge on any atom is -0.357 e. The smallest absolute Gasteiger partial charge is 0.246 e. The van der Waals surface area contributed by atoms with Crippen LogP contribution in [0.15, 0.2) is 66.4 Å². The zero-order valence-electron chi connectivity index (χ0n) is 18.9. The lowest BCUT2D eigenvalue weighted by atomic mass is 9.86. The first-order chi connectivity index (χ1) is 14.8. The van der Waals surface area contributed by atoms with Gasteiger partial charge in [-0.25, -0.2) is 0 Å². The van der Waals surface area contributed by atoms with Gasteiger partial charge in [-0.05, 0) is 29.0 Å². The molecule has 2 atom stereocenters. The van der Waals surface area contributed by atoms with Crippen molar-refractivity contribution in [2.45, 2.75) is 51.5 Å². The van der Waals surface area contributed by atoms with E-state index >= 15 is 0 Å². The Morgan fingerprint density at radius 1 is 1.16 bits per heavy atom. The number of morpholine rings is 1. The van der Waals surface area contributed by atoms with Crippen LogP contribution >= 0.6 is 0 Å². The molecule has 164 valence electrons. The van der Waals surface area contributed by atoms with Crippen molar-refractivity contribution in [3.63, 3.8) is 0 Å². The zero-order chi connectivity index (χ0) is 22.1. The quantitative estimate of drug-likeness (QED) is 0.792. The van der Waals surface area contributed by atoms with Gasteiger partial charge in [-0.15, -0.1) is 0 Å². The third-order valence-corrected chi connectivity index (χ3v) is 6.24. The summed E-state index contributed by atoms with van der Waals surface area (Å²) in [5.74, 6) is -0.0478. The molecule has 2 aromatic rings. The van der Waals surface area contributed by atoms with E-state index in [2.05, 4.69) is 74.3 Å². The Balaban J connectivity index is 1.63. The number of nitrogens with zero attached hydrogens (tertiary/aromatic N) is 1. The Morgan fingerprint density at radius 2 is 1.94 bits per heavy atom. The van der Waals surface area contributed by atoms with E-state index in [0.717, 1.165) is 16.8 Å². The Morgan fingerprint density at radius 3 is 2.61 bits per heavy atom. The predicted molar refractivity (Wildman–Crippen MR) is 121 cm³/mol. The van der Waals surface area contributed by atoms with Gasteiger partial charge in [0.05, 0.1) is 19.8 Å². The van der Waals surface area contributed by atoms with Crippen LogP contribution in [0.1, 0.15) is 44.4 Å². The second kappa shape index (κ2) is 8.48. The highest BCUT2D eigenvalue weighted by molar-refractivity contribution is 5.90. The Bertz CT molecular complexity index is 964. The van der Waals surface area contributed by atoms with E-state index in [1.165, 1.54) is 5.56 Å². The maximum Gasteiger partial charge on any atom is 0.246 e. The average molecular weight is 421 g/mol. The fourth-order valence-corrected chi connectivity index (χ4v) is 4.40. The van der Waals surface area contributed by atoms with Crippen LogP contribution in [0.4, 0.5) is 0 Å². The molecule has 0 bridgehead atoms. The summed E-state index contributed by atoms with van der Waals surface area (Å²) < 4.78 is 12.6. The Labute approximate surface area is 185 Å². The molecule has 1 saturated heterocycles. The zero-order valence-corrected chi connectivity index (χ0v) is 18.9. The van der Waals surface area contributed by atoms with E-state index in [9.17, 15) is 4.79 Å². The molecule has 2 aliphatic rings. The van der Waals surface area contributed by atoms with Crippen LogP contribution < -0.4 is 5.32 Å². The van der Waals surface area contributed by atoms with Crippen LogP contribution in [-0.2, 0) is 31.8 Å². The van der Waals surface area contributed by atoms with Gasteiger partial charge in [0.15, 0.2) is 6.29 Å². The molecule has 1 N–H and O–H groups in total. The van der Waals surface area contributed by atoms with E-state index in [0.29, 0.717) is 26.3 Å². The van der Waals surface area contributed by atoms with Crippen molar-refractivity contribution in [2.75, 3.05) is 19.7 Å². The molecule has 0 radical (unpaired) electrons. The van der Waals surface area contributed by atoms with Gasteiger partial charge < -0.3 is 19.7 Å². The van der Waals surface area contributed by atoms with Crippen molar-refractivity contribution in [3.05, 3.63) is 83.1 Å². The lowest BCUT2D eigenvalue weighted by Crippen LogP contribution is -2.58. The molecule has 0 aliphatic carbocycles. The van der Waals surface area contributed by atoms with E-state index in [-0.39, 0.29) is 11.3 Å². The van der Waals surface area contributed by atoms with Crippen LogP contribution in [-0.4, -0.2) is 36.8 Å². The number of ether oxygens (including phenoxy) is 2. The largest absolute Gasteiger partial charge is 0.357 e. The first kappa shape index (κ1) is 21.6. The highest BCUT2D eigenvalue weighted by atomic mass is 16.7. The number of hydrogen-bond acceptors (Lipinski definition) is 4. The predicted octanol–water partition coefficient (Wildman–Crippen LogP) is 4.09. The molecule has 0 spiro atoms. The number of carbonyl (C=O) groups excluding carboxylic acids is 1. The molecular weight excluding hydrogens is 388 g/mol. The van der Waals surface area contributed by atoms with Gasteiger partial charge in [0.1, 0.15) is 5.54 Å². The lowest BCUT2D eigenvalue weighted by molar-refractivity contribution is -0.245. The summed E-state index contributed by atoms with van der Waals surface area (Å²) in [6.45, 7) is 11.0. The molecule has 1 unspecified atom stereocenters. The molecule has 1 amide bonds. The Kier molecular flexibility index (Phi) is 5.91. The summed E-state index contributed by atoms with van der Waals surface area (Å²) >= 11 is 0. The van der Waals surface area contributed by atoms with E-state index in [4.69, 9.17) is 9.47 Å². The van der Waals surface area contributed by atoms with Gasteiger partial charge in [0.25, 0.3) is 0 Å². The van der Waals surface area contributed by atoms with E-state index in [1.807, 2.05) is 18.2 Å². The fourth-order valence-electron chi connectivity index (χ4n) is 4.40. The van der Waals surface area contributed by atoms with Crippen molar-refractivity contribution >= 4 is 5.91 Å². The van der Waals surface area contributed by atoms with Crippen molar-refractivity contribution in [1.82, 2.24) is 10.2 Å². The highest BCUT2D eigenvalue weighted by Gasteiger charge is 2.47. The number of benzene rings is 2.